The third-order valence-corrected chi connectivity index (χ3v) is 6.87. The van der Waals surface area contributed by atoms with Crippen LogP contribution < -0.4 is 20.9 Å². The van der Waals surface area contributed by atoms with E-state index < -0.39 is 0 Å². The maximum absolute atomic E-state index is 13.6. The lowest BCUT2D eigenvalue weighted by molar-refractivity contribution is 0.0519. The van der Waals surface area contributed by atoms with Gasteiger partial charge < -0.3 is 30.3 Å². The van der Waals surface area contributed by atoms with Crippen LogP contribution in [0, 0.1) is 5.82 Å². The molecular weight excluding hydrogens is 525 g/mol. The summed E-state index contributed by atoms with van der Waals surface area (Å²) in [5, 5.41) is 9.26. The van der Waals surface area contributed by atoms with Gasteiger partial charge in [0, 0.05) is 38.3 Å². The molecule has 0 spiro atoms. The molecule has 220 valence electrons. The van der Waals surface area contributed by atoms with E-state index in [4.69, 9.17) is 9.47 Å². The molecule has 1 aromatic heterocycles. The maximum atomic E-state index is 13.6. The minimum atomic E-state index is -0.278. The van der Waals surface area contributed by atoms with Gasteiger partial charge in [-0.1, -0.05) is 49.6 Å². The summed E-state index contributed by atoms with van der Waals surface area (Å²) in [5.41, 5.74) is 1.43. The van der Waals surface area contributed by atoms with Gasteiger partial charge in [-0.25, -0.2) is 4.39 Å². The van der Waals surface area contributed by atoms with E-state index in [1.54, 1.807) is 18.2 Å². The molecule has 2 aromatic carbocycles. The lowest BCUT2D eigenvalue weighted by Crippen LogP contribution is -2.35. The summed E-state index contributed by atoms with van der Waals surface area (Å²) in [4.78, 5) is 28.0. The quantitative estimate of drug-likeness (QED) is 0.219. The molecule has 1 heterocycles. The number of nitrogens with zero attached hydrogens (tertiary/aromatic N) is 4. The molecule has 3 aromatic rings. The van der Waals surface area contributed by atoms with Crippen molar-refractivity contribution in [1.82, 2.24) is 20.3 Å². The van der Waals surface area contributed by atoms with Gasteiger partial charge in [0.1, 0.15) is 5.82 Å². The number of ether oxygens (including phenoxy) is 2. The Morgan fingerprint density at radius 2 is 1.59 bits per heavy atom. The summed E-state index contributed by atoms with van der Waals surface area (Å²) < 4.78 is 24.8. The highest BCUT2D eigenvalue weighted by atomic mass is 19.1. The first kappa shape index (κ1) is 30.1. The lowest BCUT2D eigenvalue weighted by Gasteiger charge is -2.31. The second-order valence-corrected chi connectivity index (χ2v) is 9.94. The van der Waals surface area contributed by atoms with E-state index in [1.807, 2.05) is 31.3 Å². The third-order valence-electron chi connectivity index (χ3n) is 6.87. The van der Waals surface area contributed by atoms with E-state index in [-0.39, 0.29) is 11.7 Å². The Bertz CT molecular complexity index is 1210. The van der Waals surface area contributed by atoms with Crippen molar-refractivity contribution in [2.75, 3.05) is 62.1 Å². The Kier molecular flexibility index (Phi) is 12.1. The van der Waals surface area contributed by atoms with Crippen LogP contribution in [-0.2, 0) is 16.0 Å². The van der Waals surface area contributed by atoms with Crippen LogP contribution in [-0.4, -0.2) is 73.5 Å². The fourth-order valence-electron chi connectivity index (χ4n) is 4.63. The number of nitrogens with one attached hydrogen (secondary N) is 3. The Morgan fingerprint density at radius 3 is 2.32 bits per heavy atom. The standard InChI is InChI=1S/C30H40FN7O3/c1-38(26-13-6-3-7-14-26)30-36-28(35-29(37-30)34-22-23-9-8-12-25(31)21-23)33-16-18-41-20-19-40-17-15-32-27(39)24-10-4-2-5-11-24/h2,4-5,8-12,21,26H,3,6-7,13-20,22H2,1H3,(H,32,39)(H2,33,34,35,36,37). The molecule has 0 aliphatic heterocycles. The van der Waals surface area contributed by atoms with Crippen molar-refractivity contribution in [2.45, 2.75) is 44.7 Å². The summed E-state index contributed by atoms with van der Waals surface area (Å²) in [6, 6.07) is 15.9. The van der Waals surface area contributed by atoms with Crippen molar-refractivity contribution in [3.63, 3.8) is 0 Å². The maximum Gasteiger partial charge on any atom is 0.251 e. The number of halogens is 1. The SMILES string of the molecule is CN(c1nc(NCCOCCOCCNC(=O)c2ccccc2)nc(NCc2cccc(F)c2)n1)C1CCCCC1. The number of hydrogen-bond acceptors (Lipinski definition) is 9. The summed E-state index contributed by atoms with van der Waals surface area (Å²) in [5.74, 6) is 1.09. The zero-order valence-corrected chi connectivity index (χ0v) is 23.7. The van der Waals surface area contributed by atoms with Crippen molar-refractivity contribution in [3.05, 3.63) is 71.5 Å². The van der Waals surface area contributed by atoms with E-state index in [2.05, 4.69) is 35.8 Å². The molecule has 0 saturated heterocycles. The van der Waals surface area contributed by atoms with E-state index >= 15 is 0 Å². The molecule has 1 aliphatic carbocycles. The van der Waals surface area contributed by atoms with Crippen LogP contribution in [0.5, 0.6) is 0 Å². The highest BCUT2D eigenvalue weighted by Crippen LogP contribution is 2.25. The van der Waals surface area contributed by atoms with Crippen LogP contribution in [0.3, 0.4) is 0 Å². The Labute approximate surface area is 241 Å². The van der Waals surface area contributed by atoms with Crippen LogP contribution >= 0.6 is 0 Å². The number of amides is 1. The van der Waals surface area contributed by atoms with Crippen molar-refractivity contribution in [2.24, 2.45) is 0 Å². The van der Waals surface area contributed by atoms with Gasteiger partial charge in [-0.2, -0.15) is 15.0 Å². The van der Waals surface area contributed by atoms with Gasteiger partial charge in [-0.15, -0.1) is 0 Å². The van der Waals surface area contributed by atoms with Crippen molar-refractivity contribution in [3.8, 4) is 0 Å². The number of hydrogen-bond donors (Lipinski definition) is 3. The molecule has 4 rings (SSSR count). The summed E-state index contributed by atoms with van der Waals surface area (Å²) >= 11 is 0. The van der Waals surface area contributed by atoms with Crippen LogP contribution in [0.1, 0.15) is 48.0 Å². The highest BCUT2D eigenvalue weighted by Gasteiger charge is 2.21. The molecule has 3 N–H and O–H groups in total. The highest BCUT2D eigenvalue weighted by molar-refractivity contribution is 5.94. The van der Waals surface area contributed by atoms with Crippen molar-refractivity contribution >= 4 is 23.8 Å². The molecule has 41 heavy (non-hydrogen) atoms. The number of aromatic nitrogens is 3. The molecule has 0 bridgehead atoms. The van der Waals surface area contributed by atoms with Crippen molar-refractivity contribution in [1.29, 1.82) is 0 Å². The number of rotatable bonds is 16. The summed E-state index contributed by atoms with van der Waals surface area (Å²) in [7, 11) is 2.03. The largest absolute Gasteiger partial charge is 0.377 e. The number of carbonyl (C=O) groups is 1. The summed E-state index contributed by atoms with van der Waals surface area (Å²) in [6.07, 6.45) is 5.92. The van der Waals surface area contributed by atoms with Crippen LogP contribution in [0.2, 0.25) is 0 Å². The third kappa shape index (κ3) is 10.3. The lowest BCUT2D eigenvalue weighted by atomic mass is 9.95. The Morgan fingerprint density at radius 1 is 0.878 bits per heavy atom. The van der Waals surface area contributed by atoms with E-state index in [1.165, 1.54) is 31.4 Å². The normalized spacial score (nSPS) is 13.5. The first-order valence-corrected chi connectivity index (χ1v) is 14.3. The van der Waals surface area contributed by atoms with Gasteiger partial charge in [0.25, 0.3) is 5.91 Å². The second-order valence-electron chi connectivity index (χ2n) is 9.94. The van der Waals surface area contributed by atoms with Gasteiger partial charge >= 0.3 is 0 Å². The molecular formula is C30H40FN7O3. The molecule has 1 amide bonds. The fourth-order valence-corrected chi connectivity index (χ4v) is 4.63. The van der Waals surface area contributed by atoms with Crippen LogP contribution in [0.4, 0.5) is 22.2 Å². The molecule has 1 saturated carbocycles. The summed E-state index contributed by atoms with van der Waals surface area (Å²) in [6.45, 7) is 3.05. The second kappa shape index (κ2) is 16.4. The number of benzene rings is 2. The first-order chi connectivity index (χ1) is 20.1. The van der Waals surface area contributed by atoms with Gasteiger partial charge in [0.15, 0.2) is 0 Å². The minimum Gasteiger partial charge on any atom is -0.377 e. The van der Waals surface area contributed by atoms with Gasteiger partial charge in [-0.3, -0.25) is 4.79 Å². The number of carbonyl (C=O) groups excluding carboxylic acids is 1. The molecule has 0 radical (unpaired) electrons. The smallest absolute Gasteiger partial charge is 0.251 e. The predicted octanol–water partition coefficient (Wildman–Crippen LogP) is 4.27. The van der Waals surface area contributed by atoms with E-state index in [0.717, 1.165) is 18.4 Å². The molecule has 10 nitrogen and oxygen atoms in total. The fraction of sp³-hybridized carbons (Fsp3) is 0.467. The molecule has 0 unspecified atom stereocenters. The van der Waals surface area contributed by atoms with E-state index in [0.29, 0.717) is 75.5 Å². The topological polar surface area (TPSA) is 114 Å². The van der Waals surface area contributed by atoms with Gasteiger partial charge in [0.2, 0.25) is 17.8 Å². The monoisotopic (exact) mass is 565 g/mol. The van der Waals surface area contributed by atoms with Crippen LogP contribution in [0.15, 0.2) is 54.6 Å². The molecule has 1 fully saturated rings. The molecule has 11 heteroatoms. The number of anilines is 3. The van der Waals surface area contributed by atoms with Gasteiger partial charge in [-0.05, 0) is 42.7 Å². The zero-order valence-electron chi connectivity index (χ0n) is 23.7. The molecule has 1 aliphatic rings. The zero-order chi connectivity index (χ0) is 28.7. The van der Waals surface area contributed by atoms with Crippen LogP contribution in [0.25, 0.3) is 0 Å². The van der Waals surface area contributed by atoms with Crippen molar-refractivity contribution < 1.29 is 18.7 Å². The average molecular weight is 566 g/mol. The Hall–Kier alpha value is -3.83. The Balaban J connectivity index is 1.19. The predicted molar refractivity (Wildman–Crippen MR) is 158 cm³/mol. The van der Waals surface area contributed by atoms with Gasteiger partial charge in [0.05, 0.1) is 26.4 Å². The average Bonchev–Trinajstić information content (AvgIpc) is 3.01. The molecule has 0 atom stereocenters. The van der Waals surface area contributed by atoms with E-state index in [9.17, 15) is 9.18 Å². The first-order valence-electron chi connectivity index (χ1n) is 14.3. The minimum absolute atomic E-state index is 0.115.